The summed E-state index contributed by atoms with van der Waals surface area (Å²) in [5.74, 6) is 0.731. The topological polar surface area (TPSA) is 9.23 Å². The first-order valence-electron chi connectivity index (χ1n) is 11.2. The van der Waals surface area contributed by atoms with E-state index in [0.717, 1.165) is 5.92 Å². The number of rotatable bonds is 12. The molecule has 0 fully saturated rings. The fourth-order valence-electron chi connectivity index (χ4n) is 4.79. The van der Waals surface area contributed by atoms with E-state index in [0.29, 0.717) is 0 Å². The molecule has 0 heterocycles. The minimum absolute atomic E-state index is 0.0384. The van der Waals surface area contributed by atoms with Crippen LogP contribution in [0, 0.1) is 5.92 Å². The number of hydrogen-bond donors (Lipinski definition) is 0. The first-order chi connectivity index (χ1) is 12.2. The Morgan fingerprint density at radius 2 is 1.32 bits per heavy atom. The molecule has 0 atom stereocenters. The van der Waals surface area contributed by atoms with Crippen molar-refractivity contribution in [1.82, 2.24) is 0 Å². The quantitative estimate of drug-likeness (QED) is 0.220. The summed E-state index contributed by atoms with van der Waals surface area (Å²) >= 11 is -2.19. The average molecular weight is 453 g/mol. The van der Waals surface area contributed by atoms with Gasteiger partial charge in [0.2, 0.25) is 0 Å². The van der Waals surface area contributed by atoms with Crippen molar-refractivity contribution in [3.8, 4) is 0 Å². The van der Waals surface area contributed by atoms with E-state index in [-0.39, 0.29) is 5.60 Å². The SMILES string of the molecule is CCC[CH2][Sn]([CH2]CCC)([CH2]CCC)[CH2]OC12C=CCCC1CCC=C2. The van der Waals surface area contributed by atoms with Crippen LogP contribution in [0.25, 0.3) is 0 Å². The molecule has 2 aliphatic carbocycles. The summed E-state index contributed by atoms with van der Waals surface area (Å²) in [6.45, 7) is 7.08. The van der Waals surface area contributed by atoms with Crippen LogP contribution in [0.1, 0.15) is 85.0 Å². The fraction of sp³-hybridized carbons (Fsp3) is 0.826. The summed E-state index contributed by atoms with van der Waals surface area (Å²) in [5.41, 5.74) is -0.0384. The van der Waals surface area contributed by atoms with Crippen LogP contribution < -0.4 is 0 Å². The van der Waals surface area contributed by atoms with Crippen LogP contribution in [-0.2, 0) is 4.74 Å². The average Bonchev–Trinajstić information content (AvgIpc) is 2.67. The third-order valence-electron chi connectivity index (χ3n) is 6.57. The molecule has 2 aliphatic rings. The van der Waals surface area contributed by atoms with Gasteiger partial charge in [0.15, 0.2) is 0 Å². The standard InChI is InChI=1S/C11H15O.3C4H9.Sn/c1-12-11-8-4-2-6-10(11)7-3-5-9-11;3*1-3-4-2;/h4-5,8-10H,1-3,6-7H2;3*1,3-4H2,2H3;. The van der Waals surface area contributed by atoms with Gasteiger partial charge < -0.3 is 0 Å². The minimum atomic E-state index is -2.19. The predicted molar refractivity (Wildman–Crippen MR) is 114 cm³/mol. The zero-order valence-electron chi connectivity index (χ0n) is 17.2. The summed E-state index contributed by atoms with van der Waals surface area (Å²) in [4.78, 5) is 0. The van der Waals surface area contributed by atoms with Crippen molar-refractivity contribution < 1.29 is 4.74 Å². The van der Waals surface area contributed by atoms with Gasteiger partial charge in [0.1, 0.15) is 0 Å². The molecule has 2 heteroatoms. The van der Waals surface area contributed by atoms with Crippen molar-refractivity contribution in [1.29, 1.82) is 0 Å². The van der Waals surface area contributed by atoms with E-state index >= 15 is 0 Å². The van der Waals surface area contributed by atoms with Gasteiger partial charge in [-0.3, -0.25) is 0 Å². The van der Waals surface area contributed by atoms with Gasteiger partial charge in [-0.1, -0.05) is 0 Å². The van der Waals surface area contributed by atoms with Crippen LogP contribution in [0.5, 0.6) is 0 Å². The van der Waals surface area contributed by atoms with Crippen LogP contribution in [0.4, 0.5) is 0 Å². The molecule has 0 aromatic rings. The van der Waals surface area contributed by atoms with Crippen molar-refractivity contribution in [2.24, 2.45) is 5.92 Å². The van der Waals surface area contributed by atoms with Crippen LogP contribution >= 0.6 is 0 Å². The summed E-state index contributed by atoms with van der Waals surface area (Å²) in [6, 6.07) is 0. The van der Waals surface area contributed by atoms with Crippen LogP contribution in [0.15, 0.2) is 24.3 Å². The second-order valence-corrected chi connectivity index (χ2v) is 22.3. The van der Waals surface area contributed by atoms with E-state index in [4.69, 9.17) is 4.74 Å². The van der Waals surface area contributed by atoms with E-state index in [1.807, 2.05) is 0 Å². The van der Waals surface area contributed by atoms with Gasteiger partial charge in [0.05, 0.1) is 0 Å². The number of unbranched alkanes of at least 4 members (excludes halogenated alkanes) is 3. The van der Waals surface area contributed by atoms with Gasteiger partial charge in [-0.15, -0.1) is 0 Å². The molecular weight excluding hydrogens is 411 g/mol. The van der Waals surface area contributed by atoms with Crippen LogP contribution in [-0.4, -0.2) is 28.6 Å². The van der Waals surface area contributed by atoms with E-state index in [9.17, 15) is 0 Å². The number of allylic oxidation sites excluding steroid dienone is 2. The molecule has 0 saturated carbocycles. The Balaban J connectivity index is 2.12. The summed E-state index contributed by atoms with van der Waals surface area (Å²) in [5, 5.41) is 0. The molecule has 0 aliphatic heterocycles. The van der Waals surface area contributed by atoms with Crippen molar-refractivity contribution >= 4 is 18.4 Å². The van der Waals surface area contributed by atoms with Gasteiger partial charge in [0, 0.05) is 0 Å². The third-order valence-corrected chi connectivity index (χ3v) is 20.8. The molecular formula is C23H42OSn. The molecule has 0 spiro atoms. The summed E-state index contributed by atoms with van der Waals surface area (Å²) in [7, 11) is 0. The Labute approximate surface area is 161 Å². The summed E-state index contributed by atoms with van der Waals surface area (Å²) in [6.07, 6.45) is 23.1. The van der Waals surface area contributed by atoms with Crippen molar-refractivity contribution in [2.75, 3.05) is 4.62 Å². The molecule has 0 aromatic heterocycles. The van der Waals surface area contributed by atoms with Crippen molar-refractivity contribution in [3.63, 3.8) is 0 Å². The zero-order valence-corrected chi connectivity index (χ0v) is 20.0. The van der Waals surface area contributed by atoms with Crippen molar-refractivity contribution in [2.45, 2.75) is 104 Å². The maximum absolute atomic E-state index is 6.95. The van der Waals surface area contributed by atoms with Crippen molar-refractivity contribution in [3.05, 3.63) is 24.3 Å². The molecule has 1 nitrogen and oxygen atoms in total. The number of hydrogen-bond acceptors (Lipinski definition) is 1. The molecule has 0 amide bonds. The van der Waals surface area contributed by atoms with Gasteiger partial charge in [-0.2, -0.15) is 0 Å². The Bertz CT molecular complexity index is 386. The molecule has 25 heavy (non-hydrogen) atoms. The van der Waals surface area contributed by atoms with E-state index in [1.54, 1.807) is 13.3 Å². The normalized spacial score (nSPS) is 26.0. The van der Waals surface area contributed by atoms with Crippen LogP contribution in [0.2, 0.25) is 13.3 Å². The fourth-order valence-corrected chi connectivity index (χ4v) is 19.2. The Morgan fingerprint density at radius 3 is 1.76 bits per heavy atom. The molecule has 0 radical (unpaired) electrons. The first-order valence-corrected chi connectivity index (χ1v) is 19.3. The molecule has 0 saturated heterocycles. The van der Waals surface area contributed by atoms with Gasteiger partial charge in [-0.05, 0) is 0 Å². The second-order valence-electron chi connectivity index (χ2n) is 8.61. The van der Waals surface area contributed by atoms with Crippen LogP contribution in [0.3, 0.4) is 0 Å². The maximum atomic E-state index is 6.95. The number of ether oxygens (including phenoxy) is 1. The van der Waals surface area contributed by atoms with E-state index in [1.165, 1.54) is 68.8 Å². The second kappa shape index (κ2) is 11.2. The van der Waals surface area contributed by atoms with E-state index in [2.05, 4.69) is 45.1 Å². The molecule has 0 unspecified atom stereocenters. The Morgan fingerprint density at radius 1 is 0.840 bits per heavy atom. The van der Waals surface area contributed by atoms with E-state index < -0.39 is 18.4 Å². The predicted octanol–water partition coefficient (Wildman–Crippen LogP) is 7.45. The Hall–Kier alpha value is 0.239. The van der Waals surface area contributed by atoms with Gasteiger partial charge in [0.25, 0.3) is 0 Å². The molecule has 0 bridgehead atoms. The monoisotopic (exact) mass is 454 g/mol. The third kappa shape index (κ3) is 6.13. The molecule has 144 valence electrons. The van der Waals surface area contributed by atoms with Gasteiger partial charge >= 0.3 is 162 Å². The number of fused-ring (bicyclic) bond motifs is 1. The molecule has 2 rings (SSSR count). The summed E-state index contributed by atoms with van der Waals surface area (Å²) < 4.78 is 12.8. The first kappa shape index (κ1) is 21.5. The Kier molecular flexibility index (Phi) is 9.62. The zero-order chi connectivity index (χ0) is 18.0. The molecule has 0 N–H and O–H groups in total. The van der Waals surface area contributed by atoms with Gasteiger partial charge in [-0.25, -0.2) is 0 Å². The molecule has 0 aromatic carbocycles.